The molecule has 4 rings (SSSR count). The van der Waals surface area contributed by atoms with Crippen molar-refractivity contribution in [3.8, 4) is 11.1 Å². The SMILES string of the molecule is CC(=O)c1ccc(CC2Cc3c(cccc3-c3cccc(C(F)(F)F)c3)C2=O)cc1. The van der Waals surface area contributed by atoms with Crippen LogP contribution in [0.3, 0.4) is 0 Å². The first kappa shape index (κ1) is 20.1. The number of carbonyl (C=O) groups is 2. The molecule has 0 saturated carbocycles. The van der Waals surface area contributed by atoms with Gasteiger partial charge in [-0.15, -0.1) is 0 Å². The summed E-state index contributed by atoms with van der Waals surface area (Å²) in [5, 5.41) is 0. The fourth-order valence-corrected chi connectivity index (χ4v) is 4.06. The van der Waals surface area contributed by atoms with Crippen molar-refractivity contribution in [1.29, 1.82) is 0 Å². The molecule has 0 aliphatic heterocycles. The van der Waals surface area contributed by atoms with Crippen LogP contribution in [0.4, 0.5) is 13.2 Å². The minimum Gasteiger partial charge on any atom is -0.295 e. The van der Waals surface area contributed by atoms with Gasteiger partial charge < -0.3 is 0 Å². The van der Waals surface area contributed by atoms with Crippen molar-refractivity contribution in [3.63, 3.8) is 0 Å². The summed E-state index contributed by atoms with van der Waals surface area (Å²) in [6.45, 7) is 1.50. The second-order valence-corrected chi connectivity index (χ2v) is 7.63. The monoisotopic (exact) mass is 408 g/mol. The smallest absolute Gasteiger partial charge is 0.295 e. The molecule has 30 heavy (non-hydrogen) atoms. The van der Waals surface area contributed by atoms with Gasteiger partial charge in [-0.2, -0.15) is 13.2 Å². The summed E-state index contributed by atoms with van der Waals surface area (Å²) in [7, 11) is 0. The Morgan fingerprint density at radius 3 is 2.30 bits per heavy atom. The molecule has 5 heteroatoms. The number of ketones is 2. The van der Waals surface area contributed by atoms with Crippen LogP contribution in [0.15, 0.2) is 66.7 Å². The molecule has 0 heterocycles. The molecular formula is C25H19F3O2. The Morgan fingerprint density at radius 1 is 0.967 bits per heavy atom. The van der Waals surface area contributed by atoms with Crippen molar-refractivity contribution in [3.05, 3.63) is 94.5 Å². The zero-order valence-electron chi connectivity index (χ0n) is 16.3. The maximum Gasteiger partial charge on any atom is 0.416 e. The van der Waals surface area contributed by atoms with E-state index in [0.29, 0.717) is 35.1 Å². The van der Waals surface area contributed by atoms with Gasteiger partial charge in [0, 0.05) is 17.0 Å². The maximum atomic E-state index is 13.1. The second-order valence-electron chi connectivity index (χ2n) is 7.63. The average Bonchev–Trinajstić information content (AvgIpc) is 3.03. The Kier molecular flexibility index (Phi) is 5.06. The Hall–Kier alpha value is -3.21. The molecule has 3 aromatic rings. The first-order chi connectivity index (χ1) is 14.2. The zero-order chi connectivity index (χ0) is 21.5. The van der Waals surface area contributed by atoms with Gasteiger partial charge >= 0.3 is 6.18 Å². The minimum atomic E-state index is -4.42. The standard InChI is InChI=1S/C25H19F3O2/c1-15(29)17-10-8-16(9-11-17)12-19-14-23-21(6-3-7-22(23)24(19)30)18-4-2-5-20(13-18)25(26,27)28/h2-11,13,19H,12,14H2,1H3. The van der Waals surface area contributed by atoms with Gasteiger partial charge in [0.05, 0.1) is 5.56 Å². The van der Waals surface area contributed by atoms with Crippen molar-refractivity contribution in [2.45, 2.75) is 25.9 Å². The summed E-state index contributed by atoms with van der Waals surface area (Å²) in [5.74, 6) is -0.277. The average molecular weight is 408 g/mol. The molecule has 0 spiro atoms. The third kappa shape index (κ3) is 3.80. The predicted molar refractivity (Wildman–Crippen MR) is 109 cm³/mol. The van der Waals surface area contributed by atoms with Crippen molar-refractivity contribution in [2.24, 2.45) is 5.92 Å². The Bertz CT molecular complexity index is 1130. The fourth-order valence-electron chi connectivity index (χ4n) is 4.06. The lowest BCUT2D eigenvalue weighted by Crippen LogP contribution is -2.12. The highest BCUT2D eigenvalue weighted by atomic mass is 19.4. The third-order valence-corrected chi connectivity index (χ3v) is 5.61. The second kappa shape index (κ2) is 7.56. The van der Waals surface area contributed by atoms with E-state index in [1.54, 1.807) is 36.4 Å². The lowest BCUT2D eigenvalue weighted by molar-refractivity contribution is -0.137. The molecule has 0 radical (unpaired) electrons. The summed E-state index contributed by atoms with van der Waals surface area (Å²) >= 11 is 0. The van der Waals surface area contributed by atoms with Crippen LogP contribution in [-0.4, -0.2) is 11.6 Å². The lowest BCUT2D eigenvalue weighted by Gasteiger charge is -2.12. The van der Waals surface area contributed by atoms with Gasteiger partial charge in [-0.1, -0.05) is 54.6 Å². The number of fused-ring (bicyclic) bond motifs is 1. The van der Waals surface area contributed by atoms with Gasteiger partial charge in [-0.25, -0.2) is 0 Å². The van der Waals surface area contributed by atoms with E-state index in [-0.39, 0.29) is 17.5 Å². The van der Waals surface area contributed by atoms with E-state index >= 15 is 0 Å². The van der Waals surface area contributed by atoms with Gasteiger partial charge in [-0.3, -0.25) is 9.59 Å². The molecule has 2 nitrogen and oxygen atoms in total. The van der Waals surface area contributed by atoms with Crippen LogP contribution < -0.4 is 0 Å². The third-order valence-electron chi connectivity index (χ3n) is 5.61. The number of benzene rings is 3. The predicted octanol–water partition coefficient (Wildman–Crippen LogP) is 6.17. The number of carbonyl (C=O) groups excluding carboxylic acids is 2. The molecule has 0 aromatic heterocycles. The summed E-state index contributed by atoms with van der Waals surface area (Å²) in [4.78, 5) is 24.4. The molecule has 0 N–H and O–H groups in total. The molecule has 0 bridgehead atoms. The Morgan fingerprint density at radius 2 is 1.63 bits per heavy atom. The number of hydrogen-bond donors (Lipinski definition) is 0. The van der Waals surface area contributed by atoms with Crippen LogP contribution in [0, 0.1) is 5.92 Å². The lowest BCUT2D eigenvalue weighted by atomic mass is 9.93. The van der Waals surface area contributed by atoms with Gasteiger partial charge in [0.1, 0.15) is 0 Å². The Labute approximate surface area is 172 Å². The first-order valence-corrected chi connectivity index (χ1v) is 9.67. The highest BCUT2D eigenvalue weighted by molar-refractivity contribution is 6.04. The van der Waals surface area contributed by atoms with E-state index in [9.17, 15) is 22.8 Å². The van der Waals surface area contributed by atoms with Crippen molar-refractivity contribution >= 4 is 11.6 Å². The summed E-state index contributed by atoms with van der Waals surface area (Å²) in [6, 6.07) is 17.6. The molecule has 0 amide bonds. The van der Waals surface area contributed by atoms with Gasteiger partial charge in [0.15, 0.2) is 11.6 Å². The van der Waals surface area contributed by atoms with E-state index in [4.69, 9.17) is 0 Å². The van der Waals surface area contributed by atoms with E-state index in [1.807, 2.05) is 12.1 Å². The van der Waals surface area contributed by atoms with Crippen molar-refractivity contribution in [2.75, 3.05) is 0 Å². The highest BCUT2D eigenvalue weighted by Gasteiger charge is 2.34. The molecular weight excluding hydrogens is 389 g/mol. The van der Waals surface area contributed by atoms with Crippen LogP contribution in [0.2, 0.25) is 0 Å². The zero-order valence-corrected chi connectivity index (χ0v) is 16.3. The van der Waals surface area contributed by atoms with E-state index in [2.05, 4.69) is 0 Å². The van der Waals surface area contributed by atoms with E-state index < -0.39 is 11.7 Å². The topological polar surface area (TPSA) is 34.1 Å². The number of rotatable bonds is 4. The van der Waals surface area contributed by atoms with Crippen LogP contribution >= 0.6 is 0 Å². The molecule has 1 aliphatic carbocycles. The fraction of sp³-hybridized carbons (Fsp3) is 0.200. The molecule has 1 unspecified atom stereocenters. The Balaban J connectivity index is 1.63. The minimum absolute atomic E-state index is 0.00877. The largest absolute Gasteiger partial charge is 0.416 e. The first-order valence-electron chi connectivity index (χ1n) is 9.67. The van der Waals surface area contributed by atoms with Crippen LogP contribution in [0.25, 0.3) is 11.1 Å². The van der Waals surface area contributed by atoms with Gasteiger partial charge in [0.25, 0.3) is 0 Å². The van der Waals surface area contributed by atoms with Gasteiger partial charge in [0.2, 0.25) is 0 Å². The highest BCUT2D eigenvalue weighted by Crippen LogP contribution is 2.38. The molecule has 0 saturated heterocycles. The van der Waals surface area contributed by atoms with E-state index in [1.165, 1.54) is 13.0 Å². The molecule has 1 atom stereocenters. The van der Waals surface area contributed by atoms with Crippen LogP contribution in [0.1, 0.15) is 44.3 Å². The summed E-state index contributed by atoms with van der Waals surface area (Å²) in [6.07, 6.45) is -3.42. The van der Waals surface area contributed by atoms with Crippen molar-refractivity contribution < 1.29 is 22.8 Å². The quantitative estimate of drug-likeness (QED) is 0.484. The molecule has 1 aliphatic rings. The summed E-state index contributed by atoms with van der Waals surface area (Å²) in [5.41, 5.74) is 3.37. The number of alkyl halides is 3. The molecule has 152 valence electrons. The van der Waals surface area contributed by atoms with Gasteiger partial charge in [-0.05, 0) is 54.2 Å². The number of hydrogen-bond acceptors (Lipinski definition) is 2. The maximum absolute atomic E-state index is 13.1. The number of Topliss-reactive ketones (excluding diaryl/α,β-unsaturated/α-hetero) is 2. The normalized spacial score (nSPS) is 15.9. The van der Waals surface area contributed by atoms with Crippen LogP contribution in [-0.2, 0) is 19.0 Å². The molecule has 3 aromatic carbocycles. The van der Waals surface area contributed by atoms with E-state index in [0.717, 1.165) is 23.3 Å². The summed E-state index contributed by atoms with van der Waals surface area (Å²) < 4.78 is 39.4. The molecule has 0 fully saturated rings. The van der Waals surface area contributed by atoms with Crippen molar-refractivity contribution in [1.82, 2.24) is 0 Å². The van der Waals surface area contributed by atoms with Crippen LogP contribution in [0.5, 0.6) is 0 Å². The number of halogens is 3.